The fraction of sp³-hybridized carbons (Fsp3) is 0.944. The maximum atomic E-state index is 12.1. The van der Waals surface area contributed by atoms with Crippen molar-refractivity contribution in [3.63, 3.8) is 0 Å². The van der Waals surface area contributed by atoms with Crippen LogP contribution in [-0.4, -0.2) is 36.1 Å². The lowest BCUT2D eigenvalue weighted by Gasteiger charge is -2.51. The molecule has 0 saturated carbocycles. The first-order chi connectivity index (χ1) is 9.18. The van der Waals surface area contributed by atoms with Gasteiger partial charge < -0.3 is 4.74 Å². The minimum absolute atomic E-state index is 0.110. The number of ether oxygens (including phenoxy) is 1. The second-order valence-corrected chi connectivity index (χ2v) is 9.63. The maximum Gasteiger partial charge on any atom is 0.320 e. The molecule has 0 aromatic carbocycles. The first-order valence-corrected chi connectivity index (χ1v) is 8.12. The average molecular weight is 297 g/mol. The summed E-state index contributed by atoms with van der Waals surface area (Å²) in [7, 11) is 0. The minimum Gasteiger partial charge on any atom is -0.459 e. The molecule has 3 heteroatoms. The van der Waals surface area contributed by atoms with Crippen LogP contribution in [0.3, 0.4) is 0 Å². The van der Waals surface area contributed by atoms with E-state index in [4.69, 9.17) is 4.74 Å². The molecule has 124 valence electrons. The minimum atomic E-state index is -0.401. The van der Waals surface area contributed by atoms with E-state index in [-0.39, 0.29) is 22.2 Å². The van der Waals surface area contributed by atoms with Gasteiger partial charge in [0.05, 0.1) is 6.54 Å². The number of carbonyl (C=O) groups is 1. The van der Waals surface area contributed by atoms with Crippen LogP contribution in [0.1, 0.15) is 68.7 Å². The highest BCUT2D eigenvalue weighted by atomic mass is 16.6. The lowest BCUT2D eigenvalue weighted by Crippen LogP contribution is -2.48. The predicted octanol–water partition coefficient (Wildman–Crippen LogP) is 4.11. The zero-order chi connectivity index (χ0) is 16.7. The lowest BCUT2D eigenvalue weighted by molar-refractivity contribution is -0.156. The zero-order valence-corrected chi connectivity index (χ0v) is 15.6. The number of rotatable bonds is 2. The maximum absolute atomic E-state index is 12.1. The van der Waals surface area contributed by atoms with Gasteiger partial charge in [0.25, 0.3) is 0 Å². The van der Waals surface area contributed by atoms with Gasteiger partial charge in [-0.1, -0.05) is 41.5 Å². The van der Waals surface area contributed by atoms with Gasteiger partial charge in [-0.15, -0.1) is 0 Å². The zero-order valence-electron chi connectivity index (χ0n) is 15.6. The number of hydrogen-bond acceptors (Lipinski definition) is 3. The normalized spacial score (nSPS) is 20.6. The number of carbonyl (C=O) groups excluding carboxylic acids is 1. The molecule has 1 aliphatic heterocycles. The summed E-state index contributed by atoms with van der Waals surface area (Å²) in [5.41, 5.74) is 0.256. The predicted molar refractivity (Wildman–Crippen MR) is 88.2 cm³/mol. The molecule has 1 heterocycles. The number of esters is 1. The SMILES string of the molecule is CC(C)(C)OC(=O)CN1CCC(C(C)(C)C)(C(C)(C)C)C1. The highest BCUT2D eigenvalue weighted by Crippen LogP contribution is 2.56. The third-order valence-electron chi connectivity index (χ3n) is 4.99. The Labute approximate surface area is 131 Å². The van der Waals surface area contributed by atoms with Gasteiger partial charge in [-0.05, 0) is 50.0 Å². The van der Waals surface area contributed by atoms with Crippen LogP contribution in [0.5, 0.6) is 0 Å². The highest BCUT2D eigenvalue weighted by Gasteiger charge is 2.54. The summed E-state index contributed by atoms with van der Waals surface area (Å²) in [6.07, 6.45) is 1.14. The van der Waals surface area contributed by atoms with Crippen LogP contribution in [0, 0.1) is 16.2 Å². The van der Waals surface area contributed by atoms with Crippen molar-refractivity contribution in [1.82, 2.24) is 4.90 Å². The van der Waals surface area contributed by atoms with E-state index < -0.39 is 5.60 Å². The summed E-state index contributed by atoms with van der Waals surface area (Å²) in [4.78, 5) is 14.3. The lowest BCUT2D eigenvalue weighted by atomic mass is 9.53. The van der Waals surface area contributed by atoms with Crippen molar-refractivity contribution in [2.75, 3.05) is 19.6 Å². The molecule has 0 atom stereocenters. The average Bonchev–Trinajstić information content (AvgIpc) is 2.57. The van der Waals surface area contributed by atoms with E-state index in [2.05, 4.69) is 46.4 Å². The summed E-state index contributed by atoms with van der Waals surface area (Å²) in [6.45, 7) is 22.1. The van der Waals surface area contributed by atoms with E-state index in [0.717, 1.165) is 19.5 Å². The summed E-state index contributed by atoms with van der Waals surface area (Å²) in [5, 5.41) is 0. The van der Waals surface area contributed by atoms with Gasteiger partial charge in [-0.2, -0.15) is 0 Å². The monoisotopic (exact) mass is 297 g/mol. The Morgan fingerprint density at radius 1 is 1.00 bits per heavy atom. The third-order valence-corrected chi connectivity index (χ3v) is 4.99. The van der Waals surface area contributed by atoms with Crippen LogP contribution < -0.4 is 0 Å². The van der Waals surface area contributed by atoms with E-state index in [1.165, 1.54) is 0 Å². The molecule has 0 unspecified atom stereocenters. The Kier molecular flexibility index (Phi) is 4.90. The molecule has 0 N–H and O–H groups in total. The number of nitrogens with zero attached hydrogens (tertiary/aromatic N) is 1. The summed E-state index contributed by atoms with van der Waals surface area (Å²) in [5.74, 6) is -0.110. The molecule has 0 aromatic heterocycles. The van der Waals surface area contributed by atoms with Crippen molar-refractivity contribution in [3.8, 4) is 0 Å². The van der Waals surface area contributed by atoms with E-state index >= 15 is 0 Å². The van der Waals surface area contributed by atoms with E-state index in [0.29, 0.717) is 6.54 Å². The van der Waals surface area contributed by atoms with Gasteiger partial charge >= 0.3 is 5.97 Å². The molecule has 21 heavy (non-hydrogen) atoms. The van der Waals surface area contributed by atoms with E-state index in [1.807, 2.05) is 20.8 Å². The second kappa shape index (κ2) is 5.57. The van der Waals surface area contributed by atoms with Crippen molar-refractivity contribution < 1.29 is 9.53 Å². The van der Waals surface area contributed by atoms with Gasteiger partial charge in [0.15, 0.2) is 0 Å². The molecule has 1 saturated heterocycles. The highest BCUT2D eigenvalue weighted by molar-refractivity contribution is 5.72. The quantitative estimate of drug-likeness (QED) is 0.718. The van der Waals surface area contributed by atoms with E-state index in [9.17, 15) is 4.79 Å². The van der Waals surface area contributed by atoms with Crippen molar-refractivity contribution in [3.05, 3.63) is 0 Å². The molecule has 0 aromatic rings. The summed E-state index contributed by atoms with van der Waals surface area (Å²) in [6, 6.07) is 0. The molecular weight excluding hydrogens is 262 g/mol. The van der Waals surface area contributed by atoms with Crippen molar-refractivity contribution in [2.24, 2.45) is 16.2 Å². The molecular formula is C18H35NO2. The Hall–Kier alpha value is -0.570. The van der Waals surface area contributed by atoms with Crippen molar-refractivity contribution in [2.45, 2.75) is 74.3 Å². The van der Waals surface area contributed by atoms with Crippen molar-refractivity contribution in [1.29, 1.82) is 0 Å². The Morgan fingerprint density at radius 3 is 1.81 bits per heavy atom. The topological polar surface area (TPSA) is 29.5 Å². The van der Waals surface area contributed by atoms with E-state index in [1.54, 1.807) is 0 Å². The fourth-order valence-electron chi connectivity index (χ4n) is 3.93. The van der Waals surface area contributed by atoms with Gasteiger partial charge in [0.2, 0.25) is 0 Å². The fourth-order valence-corrected chi connectivity index (χ4v) is 3.93. The molecule has 1 aliphatic rings. The van der Waals surface area contributed by atoms with Crippen LogP contribution in [0.4, 0.5) is 0 Å². The standard InChI is InChI=1S/C18H35NO2/c1-15(2,3)18(16(4,5)6)10-11-19(13-18)12-14(20)21-17(7,8)9/h10-13H2,1-9H3. The largest absolute Gasteiger partial charge is 0.459 e. The smallest absolute Gasteiger partial charge is 0.320 e. The molecule has 1 fully saturated rings. The van der Waals surface area contributed by atoms with Crippen LogP contribution in [0.15, 0.2) is 0 Å². The van der Waals surface area contributed by atoms with Gasteiger partial charge in [-0.25, -0.2) is 0 Å². The molecule has 3 nitrogen and oxygen atoms in total. The van der Waals surface area contributed by atoms with Gasteiger partial charge in [-0.3, -0.25) is 9.69 Å². The molecule has 0 amide bonds. The summed E-state index contributed by atoms with van der Waals surface area (Å²) >= 11 is 0. The third kappa shape index (κ3) is 4.21. The van der Waals surface area contributed by atoms with Crippen LogP contribution in [0.25, 0.3) is 0 Å². The van der Waals surface area contributed by atoms with Crippen LogP contribution in [0.2, 0.25) is 0 Å². The molecule has 0 spiro atoms. The number of hydrogen-bond donors (Lipinski definition) is 0. The molecule has 0 aliphatic carbocycles. The molecule has 0 bridgehead atoms. The molecule has 0 radical (unpaired) electrons. The number of likely N-dealkylation sites (tertiary alicyclic amines) is 1. The van der Waals surface area contributed by atoms with Crippen LogP contribution in [-0.2, 0) is 9.53 Å². The molecule has 1 rings (SSSR count). The second-order valence-electron chi connectivity index (χ2n) is 9.63. The summed E-state index contributed by atoms with van der Waals surface area (Å²) < 4.78 is 5.46. The van der Waals surface area contributed by atoms with Crippen LogP contribution >= 0.6 is 0 Å². The Bertz CT molecular complexity index is 365. The van der Waals surface area contributed by atoms with Crippen molar-refractivity contribution >= 4 is 5.97 Å². The Balaban J connectivity index is 2.80. The first kappa shape index (κ1) is 18.5. The van der Waals surface area contributed by atoms with Gasteiger partial charge in [0, 0.05) is 6.54 Å². The van der Waals surface area contributed by atoms with Gasteiger partial charge in [0.1, 0.15) is 5.60 Å². The first-order valence-electron chi connectivity index (χ1n) is 8.12. The Morgan fingerprint density at radius 2 is 1.48 bits per heavy atom.